The van der Waals surface area contributed by atoms with Crippen molar-refractivity contribution in [2.75, 3.05) is 4.90 Å². The van der Waals surface area contributed by atoms with E-state index < -0.39 is 0 Å². The maximum Gasteiger partial charge on any atom is 0.159 e. The molecular weight excluding hydrogens is 572 g/mol. The minimum atomic E-state index is 0.648. The van der Waals surface area contributed by atoms with E-state index in [9.17, 15) is 0 Å². The average molecular weight is 599 g/mol. The van der Waals surface area contributed by atoms with E-state index in [1.807, 2.05) is 115 Å². The van der Waals surface area contributed by atoms with Crippen molar-refractivity contribution in [2.45, 2.75) is 0 Å². The summed E-state index contributed by atoms with van der Waals surface area (Å²) < 4.78 is 21.8. The number of fused-ring (bicyclic) bond motifs is 6. The van der Waals surface area contributed by atoms with Gasteiger partial charge in [-0.1, -0.05) is 60.7 Å². The van der Waals surface area contributed by atoms with Crippen LogP contribution >= 0.6 is 0 Å². The minimum Gasteiger partial charge on any atom is -0.456 e. The lowest BCUT2D eigenvalue weighted by Gasteiger charge is -2.24. The fraction of sp³-hybridized carbons (Fsp3) is 0.0256. The maximum absolute atomic E-state index is 6.94. The van der Waals surface area contributed by atoms with Crippen molar-refractivity contribution >= 4 is 61.1 Å². The SMILES string of the molecule is Cn1ccnc1-c1cc(Oc2cc(N(c3ccccc3)c3ccccn3)c3oc4ccccc4c3c2)c2c(c1)oc1ccccc12. The van der Waals surface area contributed by atoms with Crippen LogP contribution in [0.15, 0.2) is 149 Å². The first kappa shape index (κ1) is 26.1. The van der Waals surface area contributed by atoms with E-state index in [0.29, 0.717) is 11.5 Å². The average Bonchev–Trinajstić information content (AvgIpc) is 3.81. The summed E-state index contributed by atoms with van der Waals surface area (Å²) in [7, 11) is 1.98. The number of rotatable bonds is 6. The van der Waals surface area contributed by atoms with Gasteiger partial charge in [-0.05, 0) is 54.6 Å². The molecule has 46 heavy (non-hydrogen) atoms. The van der Waals surface area contributed by atoms with Gasteiger partial charge >= 0.3 is 0 Å². The van der Waals surface area contributed by atoms with Crippen LogP contribution in [-0.2, 0) is 7.05 Å². The number of hydrogen-bond acceptors (Lipinski definition) is 6. The summed E-state index contributed by atoms with van der Waals surface area (Å²) in [6, 6.07) is 40.3. The molecule has 0 aliphatic rings. The molecule has 0 spiro atoms. The van der Waals surface area contributed by atoms with E-state index in [2.05, 4.69) is 34.1 Å². The van der Waals surface area contributed by atoms with Gasteiger partial charge < -0.3 is 18.1 Å². The Morgan fingerprint density at radius 2 is 1.41 bits per heavy atom. The van der Waals surface area contributed by atoms with Gasteiger partial charge in [0.15, 0.2) is 5.58 Å². The summed E-state index contributed by atoms with van der Waals surface area (Å²) in [6.07, 6.45) is 5.52. The molecular formula is C39H26N4O3. The summed E-state index contributed by atoms with van der Waals surface area (Å²) >= 11 is 0. The second-order valence-electron chi connectivity index (χ2n) is 11.2. The number of nitrogens with zero attached hydrogens (tertiary/aromatic N) is 4. The summed E-state index contributed by atoms with van der Waals surface area (Å²) in [4.78, 5) is 11.5. The van der Waals surface area contributed by atoms with Crippen LogP contribution in [-0.4, -0.2) is 14.5 Å². The molecule has 0 saturated heterocycles. The van der Waals surface area contributed by atoms with Crippen LogP contribution in [0.4, 0.5) is 17.2 Å². The molecule has 9 rings (SSSR count). The van der Waals surface area contributed by atoms with Crippen LogP contribution in [0.3, 0.4) is 0 Å². The number of hydrogen-bond donors (Lipinski definition) is 0. The number of benzene rings is 5. The molecule has 0 aliphatic heterocycles. The maximum atomic E-state index is 6.94. The minimum absolute atomic E-state index is 0.648. The largest absolute Gasteiger partial charge is 0.456 e. The van der Waals surface area contributed by atoms with Crippen LogP contribution in [0.5, 0.6) is 11.5 Å². The number of ether oxygens (including phenoxy) is 1. The molecule has 0 atom stereocenters. The van der Waals surface area contributed by atoms with Gasteiger partial charge in [-0.25, -0.2) is 9.97 Å². The van der Waals surface area contributed by atoms with Crippen molar-refractivity contribution in [3.63, 3.8) is 0 Å². The lowest BCUT2D eigenvalue weighted by molar-refractivity contribution is 0.489. The van der Waals surface area contributed by atoms with Crippen LogP contribution in [0, 0.1) is 0 Å². The highest BCUT2D eigenvalue weighted by Gasteiger charge is 2.23. The van der Waals surface area contributed by atoms with Gasteiger partial charge in [0.2, 0.25) is 0 Å². The Labute approximate surface area is 263 Å². The summed E-state index contributed by atoms with van der Waals surface area (Å²) in [5.74, 6) is 2.89. The second-order valence-corrected chi connectivity index (χ2v) is 11.2. The standard InChI is InChI=1S/C39H26N4O3/c1-42-20-19-41-39(42)25-21-34(37-29-14-6-8-16-33(29)45-35(37)22-25)44-27-23-30-28-13-5-7-15-32(28)46-38(30)31(24-27)43(26-11-3-2-4-12-26)36-17-9-10-18-40-36/h2-24H,1H3. The van der Waals surface area contributed by atoms with Crippen LogP contribution < -0.4 is 9.64 Å². The molecule has 220 valence electrons. The van der Waals surface area contributed by atoms with E-state index in [4.69, 9.17) is 18.6 Å². The summed E-state index contributed by atoms with van der Waals surface area (Å²) in [6.45, 7) is 0. The molecule has 0 amide bonds. The molecule has 0 unspecified atom stereocenters. The molecule has 9 aromatic rings. The number of aromatic nitrogens is 3. The summed E-state index contributed by atoms with van der Waals surface area (Å²) in [5.41, 5.74) is 5.70. The highest BCUT2D eigenvalue weighted by atomic mass is 16.5. The number of aryl methyl sites for hydroxylation is 1. The number of furan rings is 2. The summed E-state index contributed by atoms with van der Waals surface area (Å²) in [5, 5.41) is 3.82. The fourth-order valence-corrected chi connectivity index (χ4v) is 6.26. The number of anilines is 3. The zero-order valence-corrected chi connectivity index (χ0v) is 24.8. The molecule has 0 aliphatic carbocycles. The van der Waals surface area contributed by atoms with Crippen molar-refractivity contribution < 1.29 is 13.6 Å². The smallest absolute Gasteiger partial charge is 0.159 e. The first-order chi connectivity index (χ1) is 22.7. The van der Waals surface area contributed by atoms with Crippen molar-refractivity contribution in [2.24, 2.45) is 7.05 Å². The lowest BCUT2D eigenvalue weighted by atomic mass is 10.1. The van der Waals surface area contributed by atoms with Gasteiger partial charge in [0, 0.05) is 59.1 Å². The first-order valence-electron chi connectivity index (χ1n) is 15.0. The highest BCUT2D eigenvalue weighted by molar-refractivity contribution is 6.12. The molecule has 7 nitrogen and oxygen atoms in total. The Bertz CT molecular complexity index is 2490. The van der Waals surface area contributed by atoms with Crippen molar-refractivity contribution in [3.05, 3.63) is 140 Å². The molecule has 0 radical (unpaired) electrons. The Balaban J connectivity index is 1.31. The molecule has 0 bridgehead atoms. The predicted molar refractivity (Wildman–Crippen MR) is 182 cm³/mol. The molecule has 7 heteroatoms. The molecule has 0 N–H and O–H groups in total. The normalized spacial score (nSPS) is 11.6. The number of imidazole rings is 1. The monoisotopic (exact) mass is 598 g/mol. The van der Waals surface area contributed by atoms with Gasteiger partial charge in [0.25, 0.3) is 0 Å². The number of pyridine rings is 1. The number of para-hydroxylation sites is 3. The van der Waals surface area contributed by atoms with Crippen LogP contribution in [0.25, 0.3) is 55.3 Å². The third-order valence-electron chi connectivity index (χ3n) is 8.32. The fourth-order valence-electron chi connectivity index (χ4n) is 6.26. The van der Waals surface area contributed by atoms with E-state index >= 15 is 0 Å². The quantitative estimate of drug-likeness (QED) is 0.190. The van der Waals surface area contributed by atoms with Crippen molar-refractivity contribution in [1.82, 2.24) is 14.5 Å². The highest BCUT2D eigenvalue weighted by Crippen LogP contribution is 2.46. The van der Waals surface area contributed by atoms with E-state index in [-0.39, 0.29) is 0 Å². The van der Waals surface area contributed by atoms with E-state index in [1.54, 1.807) is 12.4 Å². The Morgan fingerprint density at radius 1 is 0.652 bits per heavy atom. The van der Waals surface area contributed by atoms with Gasteiger partial charge in [-0.2, -0.15) is 0 Å². The van der Waals surface area contributed by atoms with E-state index in [1.165, 1.54) is 0 Å². The Kier molecular flexibility index (Phi) is 5.89. The van der Waals surface area contributed by atoms with Crippen molar-refractivity contribution in [3.8, 4) is 22.9 Å². The molecule has 5 aromatic carbocycles. The molecule has 0 saturated carbocycles. The zero-order valence-electron chi connectivity index (χ0n) is 24.8. The van der Waals surface area contributed by atoms with Gasteiger partial charge in [-0.15, -0.1) is 0 Å². The topological polar surface area (TPSA) is 69.5 Å². The van der Waals surface area contributed by atoms with Gasteiger partial charge in [0.1, 0.15) is 39.9 Å². The third-order valence-corrected chi connectivity index (χ3v) is 8.32. The lowest BCUT2D eigenvalue weighted by Crippen LogP contribution is -2.11. The Morgan fingerprint density at radius 3 is 2.20 bits per heavy atom. The zero-order chi connectivity index (χ0) is 30.6. The van der Waals surface area contributed by atoms with E-state index in [0.717, 1.165) is 72.5 Å². The molecule has 4 heterocycles. The van der Waals surface area contributed by atoms with Crippen molar-refractivity contribution in [1.29, 1.82) is 0 Å². The van der Waals surface area contributed by atoms with Crippen LogP contribution in [0.1, 0.15) is 0 Å². The molecule has 4 aromatic heterocycles. The van der Waals surface area contributed by atoms with Gasteiger partial charge in [0.05, 0.1) is 11.1 Å². The third kappa shape index (κ3) is 4.21. The Hall–Kier alpha value is -6.34. The van der Waals surface area contributed by atoms with Gasteiger partial charge in [-0.3, -0.25) is 4.90 Å². The second kappa shape index (κ2) is 10.4. The first-order valence-corrected chi connectivity index (χ1v) is 15.0. The predicted octanol–water partition coefficient (Wildman–Crippen LogP) is 10.5. The molecule has 0 fully saturated rings. The van der Waals surface area contributed by atoms with Crippen LogP contribution in [0.2, 0.25) is 0 Å².